The number of unbranched alkanes of at least 4 members (excludes halogenated alkanes) is 5. The van der Waals surface area contributed by atoms with Crippen molar-refractivity contribution in [3.63, 3.8) is 0 Å². The fourth-order valence-electron chi connectivity index (χ4n) is 4.21. The Bertz CT molecular complexity index is 1050. The molecule has 6 heteroatoms. The molecule has 0 saturated carbocycles. The van der Waals surface area contributed by atoms with E-state index in [4.69, 9.17) is 9.47 Å². The number of methoxy groups -OCH3 is 1. The molecule has 1 aliphatic carbocycles. The van der Waals surface area contributed by atoms with Crippen LogP contribution in [-0.4, -0.2) is 36.4 Å². The molecule has 0 amide bonds. The summed E-state index contributed by atoms with van der Waals surface area (Å²) < 4.78 is 10.6. The molecule has 3 rings (SSSR count). The van der Waals surface area contributed by atoms with E-state index in [1.54, 1.807) is 42.5 Å². The van der Waals surface area contributed by atoms with Crippen LogP contribution in [0.15, 0.2) is 54.1 Å². The number of carbonyl (C=O) groups is 3. The zero-order chi connectivity index (χ0) is 24.5. The molecule has 0 aliphatic heterocycles. The molecule has 1 atom stereocenters. The smallest absolute Gasteiger partial charge is 0.306 e. The van der Waals surface area contributed by atoms with Gasteiger partial charge in [-0.1, -0.05) is 75.4 Å². The van der Waals surface area contributed by atoms with Crippen molar-refractivity contribution in [2.24, 2.45) is 0 Å². The van der Waals surface area contributed by atoms with E-state index >= 15 is 0 Å². The third-order valence-electron chi connectivity index (χ3n) is 6.13. The highest BCUT2D eigenvalue weighted by atomic mass is 16.5. The molecule has 0 heterocycles. The number of hydrogen-bond donors (Lipinski definition) is 1. The van der Waals surface area contributed by atoms with E-state index in [1.165, 1.54) is 38.9 Å². The predicted molar refractivity (Wildman–Crippen MR) is 130 cm³/mol. The van der Waals surface area contributed by atoms with Gasteiger partial charge in [-0.15, -0.1) is 0 Å². The maximum atomic E-state index is 13.0. The van der Waals surface area contributed by atoms with E-state index in [1.807, 2.05) is 0 Å². The minimum absolute atomic E-state index is 0.0881. The summed E-state index contributed by atoms with van der Waals surface area (Å²) in [6.07, 6.45) is 6.87. The van der Waals surface area contributed by atoms with E-state index in [2.05, 4.69) is 6.92 Å². The second-order valence-corrected chi connectivity index (χ2v) is 8.48. The van der Waals surface area contributed by atoms with Crippen molar-refractivity contribution in [3.05, 3.63) is 70.8 Å². The number of allylic oxidation sites excluding steroid dienone is 1. The molecule has 0 bridgehead atoms. The highest BCUT2D eigenvalue weighted by Gasteiger charge is 2.38. The second-order valence-electron chi connectivity index (χ2n) is 8.48. The number of rotatable bonds is 12. The Morgan fingerprint density at radius 3 is 2.21 bits per heavy atom. The monoisotopic (exact) mass is 464 g/mol. The lowest BCUT2D eigenvalue weighted by molar-refractivity contribution is -0.140. The van der Waals surface area contributed by atoms with Crippen molar-refractivity contribution >= 4 is 23.3 Å². The van der Waals surface area contributed by atoms with Crippen molar-refractivity contribution in [1.29, 1.82) is 0 Å². The molecule has 0 radical (unpaired) electrons. The fraction of sp³-hybridized carbons (Fsp3) is 0.393. The van der Waals surface area contributed by atoms with Crippen molar-refractivity contribution in [2.75, 3.05) is 13.7 Å². The van der Waals surface area contributed by atoms with Gasteiger partial charge in [0.15, 0.2) is 0 Å². The molecule has 1 aliphatic rings. The zero-order valence-electron chi connectivity index (χ0n) is 19.8. The Kier molecular flexibility index (Phi) is 9.02. The molecule has 0 saturated heterocycles. The number of aliphatic hydroxyl groups excluding tert-OH is 1. The van der Waals surface area contributed by atoms with Gasteiger partial charge in [0.25, 0.3) is 0 Å². The molecule has 6 nitrogen and oxygen atoms in total. The molecular weight excluding hydrogens is 432 g/mol. The van der Waals surface area contributed by atoms with Gasteiger partial charge in [-0.05, 0) is 24.1 Å². The van der Waals surface area contributed by atoms with Crippen LogP contribution in [-0.2, 0) is 14.3 Å². The average molecular weight is 465 g/mol. The number of esters is 1. The number of hydrogen-bond acceptors (Lipinski definition) is 6. The van der Waals surface area contributed by atoms with Crippen molar-refractivity contribution in [3.8, 4) is 5.75 Å². The van der Waals surface area contributed by atoms with Crippen LogP contribution in [0.5, 0.6) is 5.75 Å². The molecule has 0 spiro atoms. The summed E-state index contributed by atoms with van der Waals surface area (Å²) in [6.45, 7) is 2.81. The van der Waals surface area contributed by atoms with Gasteiger partial charge in [-0.25, -0.2) is 0 Å². The first-order valence-electron chi connectivity index (χ1n) is 11.9. The Hall–Kier alpha value is -3.41. The molecule has 2 aromatic carbocycles. The SMILES string of the molecule is CCCCCCCCOc1ccc([C@@H](CC(=O)OC)C2=C(O)c3ccccc3C(=O)C2=O)cc1. The summed E-state index contributed by atoms with van der Waals surface area (Å²) in [5, 5.41) is 10.9. The number of ether oxygens (including phenoxy) is 2. The third kappa shape index (κ3) is 5.93. The zero-order valence-corrected chi connectivity index (χ0v) is 19.8. The maximum Gasteiger partial charge on any atom is 0.306 e. The van der Waals surface area contributed by atoms with Gasteiger partial charge in [-0.2, -0.15) is 0 Å². The minimum Gasteiger partial charge on any atom is -0.507 e. The summed E-state index contributed by atoms with van der Waals surface area (Å²) in [7, 11) is 1.26. The highest BCUT2D eigenvalue weighted by molar-refractivity contribution is 6.52. The van der Waals surface area contributed by atoms with Gasteiger partial charge in [0.2, 0.25) is 11.6 Å². The normalized spacial score (nSPS) is 14.1. The van der Waals surface area contributed by atoms with Crippen molar-refractivity contribution in [2.45, 2.75) is 57.8 Å². The maximum absolute atomic E-state index is 13.0. The lowest BCUT2D eigenvalue weighted by Crippen LogP contribution is -2.28. The standard InChI is InChI=1S/C28H32O6/c1-3-4-5-6-7-10-17-34-20-15-13-19(14-16-20)23(18-24(29)33-2)25-26(30)21-11-8-9-12-22(21)27(31)28(25)32/h8-9,11-16,23,30H,3-7,10,17-18H2,1-2H3/t23-/m1/s1. The molecular formula is C28H32O6. The molecule has 180 valence electrons. The number of aliphatic hydroxyl groups is 1. The van der Waals surface area contributed by atoms with Gasteiger partial charge in [0, 0.05) is 17.0 Å². The lowest BCUT2D eigenvalue weighted by atomic mass is 9.78. The van der Waals surface area contributed by atoms with Crippen LogP contribution in [0, 0.1) is 0 Å². The average Bonchev–Trinajstić information content (AvgIpc) is 2.86. The fourth-order valence-corrected chi connectivity index (χ4v) is 4.21. The number of carbonyl (C=O) groups excluding carboxylic acids is 3. The Balaban J connectivity index is 1.80. The summed E-state index contributed by atoms with van der Waals surface area (Å²) >= 11 is 0. The molecule has 0 aromatic heterocycles. The third-order valence-corrected chi connectivity index (χ3v) is 6.13. The first-order chi connectivity index (χ1) is 16.5. The van der Waals surface area contributed by atoms with Crippen molar-refractivity contribution < 1.29 is 29.0 Å². The van der Waals surface area contributed by atoms with E-state index in [-0.39, 0.29) is 28.9 Å². The number of Topliss-reactive ketones (excluding diaryl/α,β-unsaturated/α-hetero) is 2. The largest absolute Gasteiger partial charge is 0.507 e. The molecule has 0 fully saturated rings. The second kappa shape index (κ2) is 12.2. The summed E-state index contributed by atoms with van der Waals surface area (Å²) in [5.41, 5.74) is 0.967. The van der Waals surface area contributed by atoms with Gasteiger partial charge in [0.05, 0.1) is 25.7 Å². The van der Waals surface area contributed by atoms with Crippen LogP contribution in [0.4, 0.5) is 0 Å². The minimum atomic E-state index is -0.829. The van der Waals surface area contributed by atoms with Crippen LogP contribution < -0.4 is 4.74 Å². The van der Waals surface area contributed by atoms with E-state index < -0.39 is 23.5 Å². The summed E-state index contributed by atoms with van der Waals surface area (Å²) in [6, 6.07) is 13.5. The van der Waals surface area contributed by atoms with Crippen LogP contribution in [0.25, 0.3) is 5.76 Å². The van der Waals surface area contributed by atoms with Gasteiger partial charge >= 0.3 is 5.97 Å². The molecule has 0 unspecified atom stereocenters. The first kappa shape index (κ1) is 25.2. The molecule has 1 N–H and O–H groups in total. The van der Waals surface area contributed by atoms with Gasteiger partial charge < -0.3 is 14.6 Å². The number of benzene rings is 2. The first-order valence-corrected chi connectivity index (χ1v) is 11.9. The van der Waals surface area contributed by atoms with Crippen LogP contribution in [0.3, 0.4) is 0 Å². The van der Waals surface area contributed by atoms with Crippen LogP contribution in [0.1, 0.15) is 79.3 Å². The number of ketones is 2. The van der Waals surface area contributed by atoms with Crippen molar-refractivity contribution in [1.82, 2.24) is 0 Å². The van der Waals surface area contributed by atoms with Gasteiger partial charge in [-0.3, -0.25) is 14.4 Å². The van der Waals surface area contributed by atoms with E-state index in [0.717, 1.165) is 12.8 Å². The Morgan fingerprint density at radius 1 is 0.882 bits per heavy atom. The van der Waals surface area contributed by atoms with E-state index in [0.29, 0.717) is 17.9 Å². The quantitative estimate of drug-likeness (QED) is 0.242. The molecule has 34 heavy (non-hydrogen) atoms. The highest BCUT2D eigenvalue weighted by Crippen LogP contribution is 2.38. The Labute approximate surface area is 200 Å². The lowest BCUT2D eigenvalue weighted by Gasteiger charge is -2.24. The molecule has 2 aromatic rings. The van der Waals surface area contributed by atoms with Crippen LogP contribution in [0.2, 0.25) is 0 Å². The van der Waals surface area contributed by atoms with Crippen LogP contribution >= 0.6 is 0 Å². The topological polar surface area (TPSA) is 89.9 Å². The number of fused-ring (bicyclic) bond motifs is 1. The summed E-state index contributed by atoms with van der Waals surface area (Å²) in [5.74, 6) is -2.48. The Morgan fingerprint density at radius 2 is 1.53 bits per heavy atom. The van der Waals surface area contributed by atoms with Gasteiger partial charge in [0.1, 0.15) is 11.5 Å². The van der Waals surface area contributed by atoms with E-state index in [9.17, 15) is 19.5 Å². The predicted octanol–water partition coefficient (Wildman–Crippen LogP) is 5.81. The summed E-state index contributed by atoms with van der Waals surface area (Å²) in [4.78, 5) is 37.9.